The summed E-state index contributed by atoms with van der Waals surface area (Å²) in [6, 6.07) is 30.2. The quantitative estimate of drug-likeness (QED) is 0.125. The zero-order chi connectivity index (χ0) is 34.0. The van der Waals surface area contributed by atoms with Crippen LogP contribution in [0.2, 0.25) is 0 Å². The number of aryl methyl sites for hydroxylation is 2. The SMILES string of the molecule is Cc1ccc(OC(Oc2ccc(-c3cc(C)c(OC(C)OC4CCCCC4)cc3OC(C)OC3CCCCC3)cc2)c2ccccc2)cc1. The van der Waals surface area contributed by atoms with Gasteiger partial charge in [0.05, 0.1) is 12.2 Å². The van der Waals surface area contributed by atoms with Crippen LogP contribution in [0.3, 0.4) is 0 Å². The molecule has 260 valence electrons. The van der Waals surface area contributed by atoms with Crippen LogP contribution in [0.5, 0.6) is 23.0 Å². The molecule has 2 aliphatic carbocycles. The van der Waals surface area contributed by atoms with Crippen molar-refractivity contribution in [1.29, 1.82) is 0 Å². The normalized spacial score (nSPS) is 17.6. The average Bonchev–Trinajstić information content (AvgIpc) is 3.12. The van der Waals surface area contributed by atoms with Crippen molar-refractivity contribution in [1.82, 2.24) is 0 Å². The molecule has 4 aromatic carbocycles. The van der Waals surface area contributed by atoms with Gasteiger partial charge in [-0.3, -0.25) is 0 Å². The number of hydrogen-bond acceptors (Lipinski definition) is 6. The Morgan fingerprint density at radius 3 is 1.59 bits per heavy atom. The first-order chi connectivity index (χ1) is 23.9. The van der Waals surface area contributed by atoms with E-state index in [0.29, 0.717) is 11.5 Å². The predicted molar refractivity (Wildman–Crippen MR) is 194 cm³/mol. The second kappa shape index (κ2) is 17.1. The molecule has 0 heterocycles. The summed E-state index contributed by atoms with van der Waals surface area (Å²) in [5, 5.41) is 0. The molecule has 3 atom stereocenters. The zero-order valence-corrected chi connectivity index (χ0v) is 29.6. The predicted octanol–water partition coefficient (Wildman–Crippen LogP) is 11.3. The summed E-state index contributed by atoms with van der Waals surface area (Å²) in [4.78, 5) is 0. The van der Waals surface area contributed by atoms with E-state index >= 15 is 0 Å². The Morgan fingerprint density at radius 2 is 1.04 bits per heavy atom. The topological polar surface area (TPSA) is 55.4 Å². The van der Waals surface area contributed by atoms with Crippen LogP contribution in [0, 0.1) is 13.8 Å². The standard InChI is InChI=1S/C43H52O6/c1-30-20-24-38(25-21-30)48-43(35-14-8-5-9-15-35)49-39-26-22-34(23-27-39)40-28-31(2)41(46-32(3)44-36-16-10-6-11-17-36)29-42(40)47-33(4)45-37-18-12-7-13-19-37/h5,8-9,14-15,20-29,32-33,36-37,43H,6-7,10-13,16-19H2,1-4H3. The highest BCUT2D eigenvalue weighted by Crippen LogP contribution is 2.39. The van der Waals surface area contributed by atoms with Crippen LogP contribution in [-0.2, 0) is 9.47 Å². The molecule has 0 aromatic heterocycles. The van der Waals surface area contributed by atoms with Crippen LogP contribution in [0.4, 0.5) is 0 Å². The molecule has 49 heavy (non-hydrogen) atoms. The minimum Gasteiger partial charge on any atom is -0.465 e. The van der Waals surface area contributed by atoms with Gasteiger partial charge in [0.15, 0.2) is 12.6 Å². The monoisotopic (exact) mass is 664 g/mol. The van der Waals surface area contributed by atoms with Gasteiger partial charge in [-0.15, -0.1) is 0 Å². The molecule has 2 fully saturated rings. The first kappa shape index (κ1) is 34.8. The highest BCUT2D eigenvalue weighted by Gasteiger charge is 2.23. The molecule has 6 nitrogen and oxygen atoms in total. The molecule has 0 N–H and O–H groups in total. The van der Waals surface area contributed by atoms with Gasteiger partial charge in [0.2, 0.25) is 0 Å². The lowest BCUT2D eigenvalue weighted by molar-refractivity contribution is -0.119. The van der Waals surface area contributed by atoms with E-state index in [1.54, 1.807) is 0 Å². The van der Waals surface area contributed by atoms with E-state index in [2.05, 4.69) is 32.0 Å². The lowest BCUT2D eigenvalue weighted by Gasteiger charge is -2.28. The van der Waals surface area contributed by atoms with E-state index in [9.17, 15) is 0 Å². The molecule has 3 unspecified atom stereocenters. The van der Waals surface area contributed by atoms with Crippen molar-refractivity contribution in [3.05, 3.63) is 108 Å². The fraction of sp³-hybridized carbons (Fsp3) is 0.442. The van der Waals surface area contributed by atoms with Crippen molar-refractivity contribution in [2.24, 2.45) is 0 Å². The fourth-order valence-corrected chi connectivity index (χ4v) is 6.82. The van der Waals surface area contributed by atoms with E-state index in [-0.39, 0.29) is 18.5 Å². The summed E-state index contributed by atoms with van der Waals surface area (Å²) in [5.41, 5.74) is 5.09. The number of ether oxygens (including phenoxy) is 6. The molecule has 0 bridgehead atoms. The fourth-order valence-electron chi connectivity index (χ4n) is 6.82. The van der Waals surface area contributed by atoms with Crippen LogP contribution < -0.4 is 18.9 Å². The van der Waals surface area contributed by atoms with Gasteiger partial charge in [0.1, 0.15) is 23.0 Å². The smallest absolute Gasteiger partial charge is 0.267 e. The van der Waals surface area contributed by atoms with E-state index in [1.807, 2.05) is 86.6 Å². The molecule has 2 saturated carbocycles. The molecule has 0 saturated heterocycles. The van der Waals surface area contributed by atoms with Crippen molar-refractivity contribution in [3.8, 4) is 34.1 Å². The van der Waals surface area contributed by atoms with Crippen LogP contribution in [-0.4, -0.2) is 24.8 Å². The Labute approximate surface area is 292 Å². The molecule has 0 spiro atoms. The minimum absolute atomic E-state index is 0.230. The van der Waals surface area contributed by atoms with Crippen molar-refractivity contribution in [2.45, 2.75) is 123 Å². The van der Waals surface area contributed by atoms with Gasteiger partial charge < -0.3 is 28.4 Å². The van der Waals surface area contributed by atoms with E-state index in [1.165, 1.54) is 44.1 Å². The maximum Gasteiger partial charge on any atom is 0.267 e. The Morgan fingerprint density at radius 1 is 0.531 bits per heavy atom. The van der Waals surface area contributed by atoms with Crippen molar-refractivity contribution >= 4 is 0 Å². The summed E-state index contributed by atoms with van der Waals surface area (Å²) in [7, 11) is 0. The number of rotatable bonds is 14. The van der Waals surface area contributed by atoms with Crippen LogP contribution in [0.15, 0.2) is 91.0 Å². The van der Waals surface area contributed by atoms with Crippen LogP contribution >= 0.6 is 0 Å². The van der Waals surface area contributed by atoms with Gasteiger partial charge in [-0.2, -0.15) is 0 Å². The molecule has 0 aliphatic heterocycles. The molecule has 6 heteroatoms. The minimum atomic E-state index is -0.608. The summed E-state index contributed by atoms with van der Waals surface area (Å²) in [5.74, 6) is 2.92. The van der Waals surface area contributed by atoms with E-state index < -0.39 is 12.6 Å². The summed E-state index contributed by atoms with van der Waals surface area (Å²) in [6.07, 6.45) is 10.9. The third-order valence-corrected chi connectivity index (χ3v) is 9.48. The third kappa shape index (κ3) is 10.0. The highest BCUT2D eigenvalue weighted by atomic mass is 16.7. The molecular weight excluding hydrogens is 612 g/mol. The lowest BCUT2D eigenvalue weighted by Crippen LogP contribution is -2.27. The van der Waals surface area contributed by atoms with Crippen molar-refractivity contribution < 1.29 is 28.4 Å². The summed E-state index contributed by atoms with van der Waals surface area (Å²) in [6.45, 7) is 8.11. The third-order valence-electron chi connectivity index (χ3n) is 9.48. The van der Waals surface area contributed by atoms with Gasteiger partial charge in [0.25, 0.3) is 6.29 Å². The van der Waals surface area contributed by atoms with Gasteiger partial charge >= 0.3 is 0 Å². The van der Waals surface area contributed by atoms with Gasteiger partial charge in [-0.1, -0.05) is 98.7 Å². The van der Waals surface area contributed by atoms with Crippen LogP contribution in [0.1, 0.15) is 101 Å². The number of benzene rings is 4. The Kier molecular flexibility index (Phi) is 12.2. The molecular formula is C43H52O6. The highest BCUT2D eigenvalue weighted by molar-refractivity contribution is 5.73. The van der Waals surface area contributed by atoms with Gasteiger partial charge in [-0.25, -0.2) is 0 Å². The van der Waals surface area contributed by atoms with E-state index in [4.69, 9.17) is 28.4 Å². The van der Waals surface area contributed by atoms with Crippen LogP contribution in [0.25, 0.3) is 11.1 Å². The summed E-state index contributed by atoms with van der Waals surface area (Å²) < 4.78 is 38.4. The number of hydrogen-bond donors (Lipinski definition) is 0. The maximum absolute atomic E-state index is 6.56. The van der Waals surface area contributed by atoms with Gasteiger partial charge in [-0.05, 0) is 94.8 Å². The van der Waals surface area contributed by atoms with Crippen molar-refractivity contribution in [2.75, 3.05) is 0 Å². The van der Waals surface area contributed by atoms with Gasteiger partial charge in [0, 0.05) is 17.2 Å². The molecule has 2 aliphatic rings. The Hall–Kier alpha value is -4.00. The van der Waals surface area contributed by atoms with Crippen molar-refractivity contribution in [3.63, 3.8) is 0 Å². The Bertz CT molecular complexity index is 1570. The molecule has 0 radical (unpaired) electrons. The molecule has 4 aromatic rings. The first-order valence-electron chi connectivity index (χ1n) is 18.2. The molecule has 6 rings (SSSR count). The second-order valence-corrected chi connectivity index (χ2v) is 13.6. The molecule has 0 amide bonds. The largest absolute Gasteiger partial charge is 0.465 e. The van der Waals surface area contributed by atoms with E-state index in [0.717, 1.165) is 59.4 Å². The Balaban J connectivity index is 1.22. The average molecular weight is 665 g/mol. The second-order valence-electron chi connectivity index (χ2n) is 13.6. The summed E-state index contributed by atoms with van der Waals surface area (Å²) >= 11 is 0. The first-order valence-corrected chi connectivity index (χ1v) is 18.2. The zero-order valence-electron chi connectivity index (χ0n) is 29.6. The lowest BCUT2D eigenvalue weighted by atomic mass is 9.98. The maximum atomic E-state index is 6.56.